The van der Waals surface area contributed by atoms with E-state index < -0.39 is 28.6 Å². The Labute approximate surface area is 180 Å². The summed E-state index contributed by atoms with van der Waals surface area (Å²) in [5, 5.41) is 2.85. The van der Waals surface area contributed by atoms with E-state index in [9.17, 15) is 14.4 Å². The molecule has 3 aromatic carbocycles. The lowest BCUT2D eigenvalue weighted by molar-refractivity contribution is -0.147. The molecule has 0 bridgehead atoms. The van der Waals surface area contributed by atoms with Crippen LogP contribution in [-0.2, 0) is 9.59 Å². The van der Waals surface area contributed by atoms with Gasteiger partial charge in [-0.1, -0.05) is 66.2 Å². The largest absolute Gasteiger partial charge is 0.425 e. The number of nitrogens with one attached hydrogen (secondary N) is 1. The zero-order valence-corrected chi connectivity index (χ0v) is 17.2. The predicted octanol–water partition coefficient (Wildman–Crippen LogP) is 4.53. The standard InChI is InChI=1S/C26H21NO4/c1-16-12-14-18(15-13-16)27-23(29)26-21(19-10-6-7-11-20(19)31-24(26)30)25(26,2)22(28)17-8-4-3-5-9-17/h3-15,21H,1-2H3,(H,27,29)/t21-,25-,26-/m0/s1. The fourth-order valence-electron chi connectivity index (χ4n) is 5.01. The lowest BCUT2D eigenvalue weighted by Gasteiger charge is -2.23. The van der Waals surface area contributed by atoms with Crippen molar-refractivity contribution in [1.82, 2.24) is 0 Å². The normalized spacial score (nSPS) is 25.6. The van der Waals surface area contributed by atoms with Crippen LogP contribution in [0.1, 0.15) is 34.3 Å². The number of esters is 1. The zero-order valence-electron chi connectivity index (χ0n) is 17.2. The van der Waals surface area contributed by atoms with Gasteiger partial charge in [0.05, 0.1) is 5.41 Å². The van der Waals surface area contributed by atoms with Crippen LogP contribution in [0.3, 0.4) is 0 Å². The van der Waals surface area contributed by atoms with Gasteiger partial charge in [0, 0.05) is 22.7 Å². The number of anilines is 1. The molecular weight excluding hydrogens is 390 g/mol. The number of carbonyl (C=O) groups is 3. The van der Waals surface area contributed by atoms with E-state index in [0.717, 1.165) is 5.56 Å². The maximum Gasteiger partial charge on any atom is 0.328 e. The Morgan fingerprint density at radius 2 is 1.55 bits per heavy atom. The molecule has 0 spiro atoms. The average molecular weight is 411 g/mol. The van der Waals surface area contributed by atoms with E-state index in [0.29, 0.717) is 22.6 Å². The number of hydrogen-bond acceptors (Lipinski definition) is 4. The number of benzene rings is 3. The number of fused-ring (bicyclic) bond motifs is 3. The summed E-state index contributed by atoms with van der Waals surface area (Å²) in [6, 6.07) is 23.2. The van der Waals surface area contributed by atoms with Crippen molar-refractivity contribution in [1.29, 1.82) is 0 Å². The lowest BCUT2D eigenvalue weighted by atomic mass is 9.86. The number of ketones is 1. The molecule has 1 N–H and O–H groups in total. The maximum atomic E-state index is 13.7. The fourth-order valence-corrected chi connectivity index (χ4v) is 5.01. The van der Waals surface area contributed by atoms with Crippen molar-refractivity contribution < 1.29 is 19.1 Å². The van der Waals surface area contributed by atoms with Gasteiger partial charge in [-0.25, -0.2) is 0 Å². The van der Waals surface area contributed by atoms with Crippen molar-refractivity contribution in [3.05, 3.63) is 95.6 Å². The highest BCUT2D eigenvalue weighted by Crippen LogP contribution is 2.78. The predicted molar refractivity (Wildman–Crippen MR) is 116 cm³/mol. The Kier molecular flexibility index (Phi) is 4.12. The summed E-state index contributed by atoms with van der Waals surface area (Å²) in [4.78, 5) is 40.6. The molecule has 5 nitrogen and oxygen atoms in total. The van der Waals surface area contributed by atoms with E-state index in [1.807, 2.05) is 37.3 Å². The summed E-state index contributed by atoms with van der Waals surface area (Å²) >= 11 is 0. The van der Waals surface area contributed by atoms with Crippen LogP contribution < -0.4 is 10.1 Å². The fraction of sp³-hybridized carbons (Fsp3) is 0.192. The van der Waals surface area contributed by atoms with Crippen LogP contribution in [0.5, 0.6) is 5.75 Å². The Morgan fingerprint density at radius 3 is 2.26 bits per heavy atom. The van der Waals surface area contributed by atoms with Crippen LogP contribution in [0.15, 0.2) is 78.9 Å². The van der Waals surface area contributed by atoms with Gasteiger partial charge in [-0.3, -0.25) is 14.4 Å². The highest BCUT2D eigenvalue weighted by atomic mass is 16.5. The van der Waals surface area contributed by atoms with E-state index in [1.54, 1.807) is 55.5 Å². The molecule has 1 aliphatic carbocycles. The van der Waals surface area contributed by atoms with E-state index >= 15 is 0 Å². The highest BCUT2D eigenvalue weighted by molar-refractivity contribution is 6.23. The first-order valence-corrected chi connectivity index (χ1v) is 10.2. The van der Waals surface area contributed by atoms with Gasteiger partial charge in [-0.15, -0.1) is 0 Å². The van der Waals surface area contributed by atoms with E-state index in [4.69, 9.17) is 4.74 Å². The number of ether oxygens (including phenoxy) is 1. The smallest absolute Gasteiger partial charge is 0.328 e. The molecule has 3 atom stereocenters. The third-order valence-electron chi connectivity index (χ3n) is 6.68. The molecule has 1 heterocycles. The minimum absolute atomic E-state index is 0.245. The SMILES string of the molecule is Cc1ccc(NC(=O)[C@]23C(=O)Oc4ccccc4[C@H]2[C@@]3(C)C(=O)c2ccccc2)cc1. The number of carbonyl (C=O) groups excluding carboxylic acids is 3. The van der Waals surface area contributed by atoms with Crippen molar-refractivity contribution >= 4 is 23.3 Å². The second kappa shape index (κ2) is 6.64. The molecule has 0 saturated heterocycles. The summed E-state index contributed by atoms with van der Waals surface area (Å²) in [5.41, 5.74) is -0.0982. The van der Waals surface area contributed by atoms with Gasteiger partial charge >= 0.3 is 5.97 Å². The summed E-state index contributed by atoms with van der Waals surface area (Å²) in [6.45, 7) is 3.65. The first kappa shape index (κ1) is 19.2. The van der Waals surface area contributed by atoms with Gasteiger partial charge in [0.2, 0.25) is 5.91 Å². The zero-order chi connectivity index (χ0) is 21.8. The van der Waals surface area contributed by atoms with Crippen molar-refractivity contribution in [2.45, 2.75) is 19.8 Å². The summed E-state index contributed by atoms with van der Waals surface area (Å²) < 4.78 is 5.60. The molecule has 1 fully saturated rings. The minimum atomic E-state index is -1.63. The quantitative estimate of drug-likeness (QED) is 0.296. The maximum absolute atomic E-state index is 13.7. The molecule has 3 aromatic rings. The van der Waals surface area contributed by atoms with Gasteiger partial charge < -0.3 is 10.1 Å². The topological polar surface area (TPSA) is 72.5 Å². The molecule has 1 saturated carbocycles. The van der Waals surface area contributed by atoms with Gasteiger partial charge in [0.1, 0.15) is 5.75 Å². The van der Waals surface area contributed by atoms with Crippen LogP contribution >= 0.6 is 0 Å². The minimum Gasteiger partial charge on any atom is -0.425 e. The summed E-state index contributed by atoms with van der Waals surface area (Å²) in [5.74, 6) is -1.65. The second-order valence-corrected chi connectivity index (χ2v) is 8.39. The molecule has 0 unspecified atom stereocenters. The summed E-state index contributed by atoms with van der Waals surface area (Å²) in [6.07, 6.45) is 0. The molecular formula is C26H21NO4. The summed E-state index contributed by atoms with van der Waals surface area (Å²) in [7, 11) is 0. The molecule has 31 heavy (non-hydrogen) atoms. The van der Waals surface area contributed by atoms with Crippen LogP contribution in [0, 0.1) is 17.8 Å². The van der Waals surface area contributed by atoms with Crippen molar-refractivity contribution in [2.24, 2.45) is 10.8 Å². The van der Waals surface area contributed by atoms with E-state index in [2.05, 4.69) is 5.32 Å². The first-order chi connectivity index (χ1) is 14.9. The van der Waals surface area contributed by atoms with Crippen molar-refractivity contribution in [3.8, 4) is 5.75 Å². The van der Waals surface area contributed by atoms with Crippen molar-refractivity contribution in [3.63, 3.8) is 0 Å². The Balaban J connectivity index is 1.63. The number of para-hydroxylation sites is 1. The molecule has 154 valence electrons. The number of amides is 1. The van der Waals surface area contributed by atoms with Crippen LogP contribution in [-0.4, -0.2) is 17.7 Å². The molecule has 0 aromatic heterocycles. The van der Waals surface area contributed by atoms with Gasteiger partial charge in [-0.05, 0) is 32.0 Å². The average Bonchev–Trinajstić information content (AvgIpc) is 3.39. The third kappa shape index (κ3) is 2.53. The Morgan fingerprint density at radius 1 is 0.903 bits per heavy atom. The number of Topliss-reactive ketones (excluding diaryl/α,β-unsaturated/α-hetero) is 1. The van der Waals surface area contributed by atoms with Crippen molar-refractivity contribution in [2.75, 3.05) is 5.32 Å². The van der Waals surface area contributed by atoms with Gasteiger partial charge in [0.25, 0.3) is 0 Å². The van der Waals surface area contributed by atoms with Crippen LogP contribution in [0.25, 0.3) is 0 Å². The second-order valence-electron chi connectivity index (χ2n) is 8.39. The molecule has 5 heteroatoms. The monoisotopic (exact) mass is 411 g/mol. The lowest BCUT2D eigenvalue weighted by Crippen LogP contribution is -2.42. The van der Waals surface area contributed by atoms with Crippen LogP contribution in [0.4, 0.5) is 5.69 Å². The van der Waals surface area contributed by atoms with Gasteiger partial charge in [-0.2, -0.15) is 0 Å². The molecule has 1 amide bonds. The number of aryl methyl sites for hydroxylation is 1. The Bertz CT molecular complexity index is 1220. The first-order valence-electron chi connectivity index (χ1n) is 10.2. The van der Waals surface area contributed by atoms with E-state index in [1.165, 1.54) is 0 Å². The Hall–Kier alpha value is -3.73. The molecule has 0 radical (unpaired) electrons. The van der Waals surface area contributed by atoms with E-state index in [-0.39, 0.29) is 5.78 Å². The number of rotatable bonds is 4. The van der Waals surface area contributed by atoms with Gasteiger partial charge in [0.15, 0.2) is 11.2 Å². The molecule has 5 rings (SSSR count). The third-order valence-corrected chi connectivity index (χ3v) is 6.68. The molecule has 2 aliphatic rings. The van der Waals surface area contributed by atoms with Crippen LogP contribution in [0.2, 0.25) is 0 Å². The number of hydrogen-bond donors (Lipinski definition) is 1. The highest BCUT2D eigenvalue weighted by Gasteiger charge is 2.88. The molecule has 1 aliphatic heterocycles.